The van der Waals surface area contributed by atoms with E-state index in [9.17, 15) is 9.00 Å². The quantitative estimate of drug-likeness (QED) is 0.852. The first-order valence-corrected chi connectivity index (χ1v) is 8.84. The number of furan rings is 1. The number of hydrogen-bond donors (Lipinski definition) is 1. The van der Waals surface area contributed by atoms with Crippen molar-refractivity contribution in [3.63, 3.8) is 0 Å². The van der Waals surface area contributed by atoms with Crippen LogP contribution in [0.4, 0.5) is 0 Å². The predicted octanol–water partition coefficient (Wildman–Crippen LogP) is 3.18. The van der Waals surface area contributed by atoms with E-state index in [2.05, 4.69) is 5.32 Å². The van der Waals surface area contributed by atoms with Gasteiger partial charge in [0.15, 0.2) is 5.76 Å². The van der Waals surface area contributed by atoms with Crippen molar-refractivity contribution in [3.8, 4) is 0 Å². The Bertz CT molecular complexity index is 646. The van der Waals surface area contributed by atoms with E-state index in [0.717, 1.165) is 12.0 Å². The fourth-order valence-electron chi connectivity index (χ4n) is 1.98. The zero-order valence-electron chi connectivity index (χ0n) is 12.9. The Hall–Kier alpha value is -1.88. The molecule has 1 N–H and O–H groups in total. The van der Waals surface area contributed by atoms with Gasteiger partial charge in [0.2, 0.25) is 0 Å². The molecule has 0 aliphatic carbocycles. The molecule has 0 spiro atoms. The lowest BCUT2D eigenvalue weighted by atomic mass is 10.2. The lowest BCUT2D eigenvalue weighted by Gasteiger charge is -2.02. The van der Waals surface area contributed by atoms with Crippen molar-refractivity contribution < 1.29 is 13.4 Å². The summed E-state index contributed by atoms with van der Waals surface area (Å²) in [5.74, 6) is 1.42. The Morgan fingerprint density at radius 3 is 2.55 bits per heavy atom. The summed E-state index contributed by atoms with van der Waals surface area (Å²) in [5, 5.41) is 2.75. The SMILES string of the molecule is CCCNC(=O)c1ccc(C[S@](=O)Cc2ccc(C)cc2)o1. The topological polar surface area (TPSA) is 59.3 Å². The zero-order valence-corrected chi connectivity index (χ0v) is 13.7. The minimum atomic E-state index is -1.06. The van der Waals surface area contributed by atoms with E-state index in [1.165, 1.54) is 5.56 Å². The lowest BCUT2D eigenvalue weighted by molar-refractivity contribution is 0.0924. The highest BCUT2D eigenvalue weighted by Gasteiger charge is 2.12. The highest BCUT2D eigenvalue weighted by Crippen LogP contribution is 2.13. The molecule has 2 rings (SSSR count). The molecule has 0 bridgehead atoms. The molecule has 22 heavy (non-hydrogen) atoms. The molecule has 0 aliphatic rings. The lowest BCUT2D eigenvalue weighted by Crippen LogP contribution is -2.23. The van der Waals surface area contributed by atoms with Crippen molar-refractivity contribution in [2.75, 3.05) is 6.54 Å². The highest BCUT2D eigenvalue weighted by molar-refractivity contribution is 7.83. The van der Waals surface area contributed by atoms with Crippen LogP contribution in [0.3, 0.4) is 0 Å². The van der Waals surface area contributed by atoms with Gasteiger partial charge < -0.3 is 9.73 Å². The van der Waals surface area contributed by atoms with Gasteiger partial charge >= 0.3 is 0 Å². The third-order valence-corrected chi connectivity index (χ3v) is 4.43. The third-order valence-electron chi connectivity index (χ3n) is 3.17. The molecule has 0 saturated heterocycles. The molecule has 1 heterocycles. The van der Waals surface area contributed by atoms with Crippen molar-refractivity contribution in [2.45, 2.75) is 31.8 Å². The maximum Gasteiger partial charge on any atom is 0.286 e. The summed E-state index contributed by atoms with van der Waals surface area (Å²) in [6, 6.07) is 11.3. The summed E-state index contributed by atoms with van der Waals surface area (Å²) in [7, 11) is -1.06. The maximum absolute atomic E-state index is 12.2. The Morgan fingerprint density at radius 2 is 1.86 bits per heavy atom. The molecule has 118 valence electrons. The molecule has 1 aromatic heterocycles. The van der Waals surface area contributed by atoms with Crippen LogP contribution in [-0.4, -0.2) is 16.7 Å². The zero-order chi connectivity index (χ0) is 15.9. The summed E-state index contributed by atoms with van der Waals surface area (Å²) in [5.41, 5.74) is 2.22. The van der Waals surface area contributed by atoms with Crippen LogP contribution in [0.5, 0.6) is 0 Å². The van der Waals surface area contributed by atoms with Crippen LogP contribution >= 0.6 is 0 Å². The van der Waals surface area contributed by atoms with Crippen LogP contribution in [-0.2, 0) is 22.3 Å². The monoisotopic (exact) mass is 319 g/mol. The van der Waals surface area contributed by atoms with E-state index < -0.39 is 10.8 Å². The minimum absolute atomic E-state index is 0.225. The Balaban J connectivity index is 1.90. The molecule has 0 unspecified atom stereocenters. The van der Waals surface area contributed by atoms with Crippen LogP contribution < -0.4 is 5.32 Å². The molecule has 0 aliphatic heterocycles. The molecule has 0 saturated carbocycles. The molecule has 0 radical (unpaired) electrons. The van der Waals surface area contributed by atoms with Gasteiger partial charge in [-0.25, -0.2) is 0 Å². The van der Waals surface area contributed by atoms with E-state index >= 15 is 0 Å². The van der Waals surface area contributed by atoms with Gasteiger partial charge in [-0.05, 0) is 31.0 Å². The van der Waals surface area contributed by atoms with E-state index in [1.54, 1.807) is 12.1 Å². The van der Waals surface area contributed by atoms with Gasteiger partial charge in [-0.1, -0.05) is 36.8 Å². The predicted molar refractivity (Wildman–Crippen MR) is 88.1 cm³/mol. The normalized spacial score (nSPS) is 12.1. The van der Waals surface area contributed by atoms with Crippen molar-refractivity contribution in [1.29, 1.82) is 0 Å². The Labute approximate surface area is 133 Å². The number of benzene rings is 1. The first kappa shape index (κ1) is 16.5. The third kappa shape index (κ3) is 4.84. The molecule has 0 fully saturated rings. The second kappa shape index (κ2) is 7.94. The van der Waals surface area contributed by atoms with Crippen LogP contribution in [0.2, 0.25) is 0 Å². The van der Waals surface area contributed by atoms with E-state index in [-0.39, 0.29) is 11.7 Å². The van der Waals surface area contributed by atoms with Crippen LogP contribution in [0, 0.1) is 6.92 Å². The number of carbonyl (C=O) groups excluding carboxylic acids is 1. The Morgan fingerprint density at radius 1 is 1.14 bits per heavy atom. The van der Waals surface area contributed by atoms with Crippen molar-refractivity contribution >= 4 is 16.7 Å². The largest absolute Gasteiger partial charge is 0.455 e. The van der Waals surface area contributed by atoms with Crippen molar-refractivity contribution in [3.05, 3.63) is 59.0 Å². The van der Waals surface area contributed by atoms with E-state index in [1.807, 2.05) is 38.1 Å². The van der Waals surface area contributed by atoms with Crippen molar-refractivity contribution in [1.82, 2.24) is 5.32 Å². The van der Waals surface area contributed by atoms with Crippen LogP contribution in [0.15, 0.2) is 40.8 Å². The average molecular weight is 319 g/mol. The second-order valence-electron chi connectivity index (χ2n) is 5.24. The molecule has 2 aromatic rings. The van der Waals surface area contributed by atoms with Gasteiger partial charge in [-0.3, -0.25) is 9.00 Å². The van der Waals surface area contributed by atoms with E-state index in [4.69, 9.17) is 4.42 Å². The second-order valence-corrected chi connectivity index (χ2v) is 6.69. The number of carbonyl (C=O) groups is 1. The van der Waals surface area contributed by atoms with Crippen molar-refractivity contribution in [2.24, 2.45) is 0 Å². The smallest absolute Gasteiger partial charge is 0.286 e. The highest BCUT2D eigenvalue weighted by atomic mass is 32.2. The number of amides is 1. The molecule has 1 amide bonds. The van der Waals surface area contributed by atoms with Gasteiger partial charge in [-0.2, -0.15) is 0 Å². The summed E-state index contributed by atoms with van der Waals surface area (Å²) in [6.07, 6.45) is 0.875. The molecule has 1 aromatic carbocycles. The average Bonchev–Trinajstić information content (AvgIpc) is 2.95. The first-order chi connectivity index (χ1) is 10.6. The van der Waals surface area contributed by atoms with Gasteiger partial charge in [0.25, 0.3) is 5.91 Å². The van der Waals surface area contributed by atoms with Gasteiger partial charge in [0.1, 0.15) is 5.76 Å². The number of aryl methyl sites for hydroxylation is 1. The van der Waals surface area contributed by atoms with Gasteiger partial charge in [-0.15, -0.1) is 0 Å². The van der Waals surface area contributed by atoms with E-state index in [0.29, 0.717) is 23.8 Å². The molecule has 5 heteroatoms. The number of rotatable bonds is 7. The fourth-order valence-corrected chi connectivity index (χ4v) is 3.12. The summed E-state index contributed by atoms with van der Waals surface area (Å²) in [4.78, 5) is 11.7. The fraction of sp³-hybridized carbons (Fsp3) is 0.353. The summed E-state index contributed by atoms with van der Waals surface area (Å²) >= 11 is 0. The first-order valence-electron chi connectivity index (χ1n) is 7.36. The summed E-state index contributed by atoms with van der Waals surface area (Å²) in [6.45, 7) is 4.63. The van der Waals surface area contributed by atoms with Gasteiger partial charge in [0, 0.05) is 23.1 Å². The molecule has 4 nitrogen and oxygen atoms in total. The van der Waals surface area contributed by atoms with Crippen LogP contribution in [0.1, 0.15) is 40.8 Å². The minimum Gasteiger partial charge on any atom is -0.455 e. The summed E-state index contributed by atoms with van der Waals surface area (Å²) < 4.78 is 17.6. The Kier molecular flexibility index (Phi) is 5.95. The molecule has 1 atom stereocenters. The van der Waals surface area contributed by atoms with Crippen LogP contribution in [0.25, 0.3) is 0 Å². The maximum atomic E-state index is 12.2. The molecular weight excluding hydrogens is 298 g/mol. The molecular formula is C17H21NO3S. The standard InChI is InChI=1S/C17H21NO3S/c1-3-10-18-17(19)16-9-8-15(21-16)12-22(20)11-14-6-4-13(2)5-7-14/h4-9H,3,10-12H2,1-2H3,(H,18,19)/t22-/m1/s1. The van der Waals surface area contributed by atoms with Gasteiger partial charge in [0.05, 0.1) is 5.75 Å². The number of hydrogen-bond acceptors (Lipinski definition) is 3. The number of nitrogens with one attached hydrogen (secondary N) is 1.